The fraction of sp³-hybridized carbons (Fsp3) is 0.385. The summed E-state index contributed by atoms with van der Waals surface area (Å²) < 4.78 is 1.92. The van der Waals surface area contributed by atoms with E-state index in [-0.39, 0.29) is 11.8 Å². The highest BCUT2D eigenvalue weighted by Gasteiger charge is 2.29. The monoisotopic (exact) mass is 445 g/mol. The summed E-state index contributed by atoms with van der Waals surface area (Å²) >= 11 is 0. The molecule has 0 aliphatic carbocycles. The maximum absolute atomic E-state index is 13.1. The van der Waals surface area contributed by atoms with Crippen LogP contribution in [0.4, 0.5) is 0 Å². The standard InChI is InChI=1S/C26H31N5O2/c1-2-7-24(32)30-17-13-23-22(19-30)25(29-31(23)18-21-11-15-27-16-12-21)26(33)28-14-6-10-20-8-4-3-5-9-20/h3-5,8-9,11-12,15-16H,2,6-7,10,13-14,17-19H2,1H3,(H,28,33). The molecule has 0 spiro atoms. The SMILES string of the molecule is CCCC(=O)N1CCc2c(c(C(=O)NCCCc3ccccc3)nn2Cc2ccncc2)C1. The molecule has 33 heavy (non-hydrogen) atoms. The van der Waals surface area contributed by atoms with Gasteiger partial charge in [0, 0.05) is 56.1 Å². The Hall–Kier alpha value is -3.48. The number of amides is 2. The van der Waals surface area contributed by atoms with Crippen molar-refractivity contribution in [3.63, 3.8) is 0 Å². The number of carbonyl (C=O) groups excluding carboxylic acids is 2. The topological polar surface area (TPSA) is 80.1 Å². The predicted octanol–water partition coefficient (Wildman–Crippen LogP) is 3.37. The maximum atomic E-state index is 13.1. The Morgan fingerprint density at radius 3 is 2.61 bits per heavy atom. The van der Waals surface area contributed by atoms with E-state index >= 15 is 0 Å². The molecule has 0 radical (unpaired) electrons. The highest BCUT2D eigenvalue weighted by atomic mass is 16.2. The highest BCUT2D eigenvalue weighted by Crippen LogP contribution is 2.24. The average molecular weight is 446 g/mol. The summed E-state index contributed by atoms with van der Waals surface area (Å²) in [7, 11) is 0. The summed E-state index contributed by atoms with van der Waals surface area (Å²) in [5, 5.41) is 7.75. The molecule has 0 atom stereocenters. The minimum absolute atomic E-state index is 0.138. The van der Waals surface area contributed by atoms with Gasteiger partial charge in [-0.25, -0.2) is 0 Å². The Morgan fingerprint density at radius 1 is 1.06 bits per heavy atom. The van der Waals surface area contributed by atoms with Crippen LogP contribution in [0.3, 0.4) is 0 Å². The quantitative estimate of drug-likeness (QED) is 0.512. The minimum Gasteiger partial charge on any atom is -0.351 e. The third-order valence-corrected chi connectivity index (χ3v) is 6.02. The molecule has 1 aliphatic heterocycles. The summed E-state index contributed by atoms with van der Waals surface area (Å²) in [5.74, 6) is -0.0307. The molecule has 7 nitrogen and oxygen atoms in total. The van der Waals surface area contributed by atoms with E-state index in [0.29, 0.717) is 44.7 Å². The van der Waals surface area contributed by atoms with Crippen LogP contribution in [0.1, 0.15) is 59.1 Å². The van der Waals surface area contributed by atoms with Crippen LogP contribution in [0.5, 0.6) is 0 Å². The van der Waals surface area contributed by atoms with Crippen molar-refractivity contribution in [1.82, 2.24) is 25.0 Å². The van der Waals surface area contributed by atoms with Crippen LogP contribution in [0.15, 0.2) is 54.9 Å². The Morgan fingerprint density at radius 2 is 1.85 bits per heavy atom. The molecule has 2 aromatic heterocycles. The number of hydrogen-bond donors (Lipinski definition) is 1. The Labute approximate surface area is 194 Å². The molecule has 1 aromatic carbocycles. The molecule has 3 aromatic rings. The smallest absolute Gasteiger partial charge is 0.272 e. The van der Waals surface area contributed by atoms with Crippen LogP contribution in [0.25, 0.3) is 0 Å². The predicted molar refractivity (Wildman–Crippen MR) is 127 cm³/mol. The van der Waals surface area contributed by atoms with Gasteiger partial charge in [0.2, 0.25) is 5.91 Å². The van der Waals surface area contributed by atoms with E-state index in [4.69, 9.17) is 5.10 Å². The molecule has 172 valence electrons. The van der Waals surface area contributed by atoms with Gasteiger partial charge >= 0.3 is 0 Å². The number of aryl methyl sites for hydroxylation is 1. The number of hydrogen-bond acceptors (Lipinski definition) is 4. The molecule has 3 heterocycles. The van der Waals surface area contributed by atoms with Crippen molar-refractivity contribution in [2.24, 2.45) is 0 Å². The zero-order chi connectivity index (χ0) is 23.0. The summed E-state index contributed by atoms with van der Waals surface area (Å²) in [4.78, 5) is 31.6. The first kappa shape index (κ1) is 22.7. The van der Waals surface area contributed by atoms with Crippen molar-refractivity contribution >= 4 is 11.8 Å². The molecule has 1 aliphatic rings. The van der Waals surface area contributed by atoms with Gasteiger partial charge in [-0.3, -0.25) is 19.3 Å². The number of rotatable bonds is 9. The van der Waals surface area contributed by atoms with Gasteiger partial charge in [-0.1, -0.05) is 37.3 Å². The molecule has 0 saturated carbocycles. The van der Waals surface area contributed by atoms with Gasteiger partial charge in [0.15, 0.2) is 5.69 Å². The number of nitrogens with one attached hydrogen (secondary N) is 1. The Balaban J connectivity index is 1.49. The molecule has 1 N–H and O–H groups in total. The van der Waals surface area contributed by atoms with Gasteiger partial charge in [0.1, 0.15) is 0 Å². The first-order chi connectivity index (χ1) is 16.2. The van der Waals surface area contributed by atoms with Crippen LogP contribution in [0.2, 0.25) is 0 Å². The van der Waals surface area contributed by atoms with E-state index in [1.54, 1.807) is 12.4 Å². The second-order valence-corrected chi connectivity index (χ2v) is 8.45. The van der Waals surface area contributed by atoms with Crippen molar-refractivity contribution in [2.75, 3.05) is 13.1 Å². The maximum Gasteiger partial charge on any atom is 0.272 e. The summed E-state index contributed by atoms with van der Waals surface area (Å²) in [6.45, 7) is 4.27. The molecule has 0 bridgehead atoms. The number of nitrogens with zero attached hydrogens (tertiary/aromatic N) is 4. The van der Waals surface area contributed by atoms with Gasteiger partial charge in [0.25, 0.3) is 5.91 Å². The number of pyridine rings is 1. The van der Waals surface area contributed by atoms with E-state index in [1.807, 2.05) is 46.8 Å². The van der Waals surface area contributed by atoms with Crippen molar-refractivity contribution in [3.05, 3.63) is 82.9 Å². The Bertz CT molecular complexity index is 1080. The lowest BCUT2D eigenvalue weighted by molar-refractivity contribution is -0.132. The second-order valence-electron chi connectivity index (χ2n) is 8.45. The van der Waals surface area contributed by atoms with Crippen molar-refractivity contribution in [1.29, 1.82) is 0 Å². The first-order valence-electron chi connectivity index (χ1n) is 11.7. The third kappa shape index (κ3) is 5.66. The van der Waals surface area contributed by atoms with E-state index in [2.05, 4.69) is 22.4 Å². The van der Waals surface area contributed by atoms with Crippen LogP contribution in [0, 0.1) is 0 Å². The zero-order valence-electron chi connectivity index (χ0n) is 19.2. The molecule has 0 unspecified atom stereocenters. The van der Waals surface area contributed by atoms with E-state index in [0.717, 1.165) is 36.1 Å². The normalized spacial score (nSPS) is 12.9. The lowest BCUT2D eigenvalue weighted by Crippen LogP contribution is -2.37. The lowest BCUT2D eigenvalue weighted by atomic mass is 10.0. The van der Waals surface area contributed by atoms with Gasteiger partial charge in [-0.05, 0) is 42.5 Å². The van der Waals surface area contributed by atoms with Crippen molar-refractivity contribution in [2.45, 2.75) is 52.1 Å². The number of aromatic nitrogens is 3. The van der Waals surface area contributed by atoms with Crippen molar-refractivity contribution in [3.8, 4) is 0 Å². The molecule has 7 heteroatoms. The molecular weight excluding hydrogens is 414 g/mol. The molecule has 2 amide bonds. The second kappa shape index (κ2) is 10.9. The molecule has 0 fully saturated rings. The van der Waals surface area contributed by atoms with Crippen LogP contribution >= 0.6 is 0 Å². The lowest BCUT2D eigenvalue weighted by Gasteiger charge is -2.28. The zero-order valence-corrected chi connectivity index (χ0v) is 19.2. The van der Waals surface area contributed by atoms with Gasteiger partial charge in [0.05, 0.1) is 6.54 Å². The number of fused-ring (bicyclic) bond motifs is 1. The van der Waals surface area contributed by atoms with Gasteiger partial charge in [-0.2, -0.15) is 5.10 Å². The summed E-state index contributed by atoms with van der Waals surface area (Å²) in [6, 6.07) is 14.2. The van der Waals surface area contributed by atoms with Crippen LogP contribution in [-0.2, 0) is 30.7 Å². The molecule has 0 saturated heterocycles. The largest absolute Gasteiger partial charge is 0.351 e. The van der Waals surface area contributed by atoms with E-state index in [9.17, 15) is 9.59 Å². The Kier molecular flexibility index (Phi) is 7.50. The van der Waals surface area contributed by atoms with Crippen LogP contribution in [-0.4, -0.2) is 44.6 Å². The van der Waals surface area contributed by atoms with Gasteiger partial charge in [-0.15, -0.1) is 0 Å². The van der Waals surface area contributed by atoms with Crippen molar-refractivity contribution < 1.29 is 9.59 Å². The van der Waals surface area contributed by atoms with E-state index < -0.39 is 0 Å². The number of benzene rings is 1. The first-order valence-corrected chi connectivity index (χ1v) is 11.7. The molecular formula is C26H31N5O2. The summed E-state index contributed by atoms with van der Waals surface area (Å²) in [6.07, 6.45) is 7.34. The fourth-order valence-corrected chi connectivity index (χ4v) is 4.27. The van der Waals surface area contributed by atoms with Gasteiger partial charge < -0.3 is 10.2 Å². The summed E-state index contributed by atoms with van der Waals surface area (Å²) in [5.41, 5.74) is 4.69. The average Bonchev–Trinajstić information content (AvgIpc) is 3.21. The van der Waals surface area contributed by atoms with Crippen LogP contribution < -0.4 is 5.32 Å². The fourth-order valence-electron chi connectivity index (χ4n) is 4.27. The van der Waals surface area contributed by atoms with E-state index in [1.165, 1.54) is 5.56 Å². The minimum atomic E-state index is -0.169. The third-order valence-electron chi connectivity index (χ3n) is 6.02. The molecule has 4 rings (SSSR count). The number of carbonyl (C=O) groups is 2. The highest BCUT2D eigenvalue weighted by molar-refractivity contribution is 5.94.